The van der Waals surface area contributed by atoms with Crippen LogP contribution in [-0.4, -0.2) is 22.2 Å². The predicted octanol–water partition coefficient (Wildman–Crippen LogP) is 2.77. The maximum absolute atomic E-state index is 10.4. The molecule has 0 aliphatic rings. The molecule has 3 nitrogen and oxygen atoms in total. The molecule has 0 spiro atoms. The van der Waals surface area contributed by atoms with Gasteiger partial charge in [0.1, 0.15) is 16.9 Å². The molecule has 1 aromatic rings. The van der Waals surface area contributed by atoms with Gasteiger partial charge in [-0.25, -0.2) is 0 Å². The second-order valence-corrected chi connectivity index (χ2v) is 4.60. The molecule has 15 heavy (non-hydrogen) atoms. The van der Waals surface area contributed by atoms with Crippen molar-refractivity contribution in [1.82, 2.24) is 0 Å². The van der Waals surface area contributed by atoms with Gasteiger partial charge >= 0.3 is 5.97 Å². The summed E-state index contributed by atoms with van der Waals surface area (Å²) in [5, 5.41) is 7.73. The zero-order valence-electron chi connectivity index (χ0n) is 8.40. The molecule has 0 aromatic carbocycles. The van der Waals surface area contributed by atoms with Crippen LogP contribution in [0.15, 0.2) is 16.5 Å². The van der Waals surface area contributed by atoms with Crippen molar-refractivity contribution in [2.24, 2.45) is 0 Å². The highest BCUT2D eigenvalue weighted by Crippen LogP contribution is 2.17. The van der Waals surface area contributed by atoms with Crippen LogP contribution in [0.1, 0.15) is 18.4 Å². The first-order valence-electron chi connectivity index (χ1n) is 4.65. The fraction of sp³-hybridized carbons (Fsp3) is 0.500. The van der Waals surface area contributed by atoms with E-state index in [1.807, 2.05) is 19.1 Å². The van der Waals surface area contributed by atoms with Crippen molar-refractivity contribution in [3.8, 4) is 0 Å². The lowest BCUT2D eigenvalue weighted by molar-refractivity contribution is -0.136. The number of thioether (sulfide) groups is 1. The van der Waals surface area contributed by atoms with Crippen LogP contribution >= 0.6 is 23.4 Å². The van der Waals surface area contributed by atoms with Gasteiger partial charge in [-0.05, 0) is 12.1 Å². The van der Waals surface area contributed by atoms with E-state index >= 15 is 0 Å². The van der Waals surface area contributed by atoms with Crippen LogP contribution in [0.2, 0.25) is 0 Å². The Bertz CT molecular complexity index is 324. The second-order valence-electron chi connectivity index (χ2n) is 3.04. The zero-order valence-corrected chi connectivity index (χ0v) is 9.98. The van der Waals surface area contributed by atoms with E-state index in [0.29, 0.717) is 11.5 Å². The third kappa shape index (κ3) is 4.18. The van der Waals surface area contributed by atoms with Gasteiger partial charge in [0.25, 0.3) is 0 Å². The van der Waals surface area contributed by atoms with Crippen LogP contribution in [0.4, 0.5) is 0 Å². The van der Waals surface area contributed by atoms with Crippen molar-refractivity contribution in [2.75, 3.05) is 5.75 Å². The normalized spacial score (nSPS) is 12.7. The smallest absolute Gasteiger partial charge is 0.322 e. The lowest BCUT2D eigenvalue weighted by Crippen LogP contribution is -2.15. The summed E-state index contributed by atoms with van der Waals surface area (Å²) in [6.07, 6.45) is 0.873. The Hall–Kier alpha value is -0.610. The summed E-state index contributed by atoms with van der Waals surface area (Å²) < 4.78 is 5.46. The van der Waals surface area contributed by atoms with Gasteiger partial charge in [-0.15, -0.1) is 11.6 Å². The van der Waals surface area contributed by atoms with Crippen LogP contribution in [0.25, 0.3) is 0 Å². The highest BCUT2D eigenvalue weighted by Gasteiger charge is 2.13. The largest absolute Gasteiger partial charge is 0.480 e. The Morgan fingerprint density at radius 2 is 2.27 bits per heavy atom. The molecule has 1 atom stereocenters. The number of hydrogen-bond acceptors (Lipinski definition) is 3. The van der Waals surface area contributed by atoms with Crippen LogP contribution in [0.3, 0.4) is 0 Å². The highest BCUT2D eigenvalue weighted by molar-refractivity contribution is 7.98. The minimum absolute atomic E-state index is 0.388. The number of alkyl halides is 1. The van der Waals surface area contributed by atoms with E-state index in [1.165, 1.54) is 11.8 Å². The molecule has 1 unspecified atom stereocenters. The number of carboxylic acids is 1. The summed E-state index contributed by atoms with van der Waals surface area (Å²) in [4.78, 5) is 10.4. The molecule has 1 N–H and O–H groups in total. The molecule has 0 saturated heterocycles. The van der Waals surface area contributed by atoms with Gasteiger partial charge in [-0.3, -0.25) is 4.79 Å². The molecule has 0 bridgehead atoms. The molecule has 84 valence electrons. The van der Waals surface area contributed by atoms with Crippen molar-refractivity contribution >= 4 is 29.3 Å². The van der Waals surface area contributed by atoms with Gasteiger partial charge in [0, 0.05) is 12.2 Å². The van der Waals surface area contributed by atoms with Crippen LogP contribution in [0.5, 0.6) is 0 Å². The third-order valence-corrected chi connectivity index (χ3v) is 3.42. The Morgan fingerprint density at radius 3 is 2.80 bits per heavy atom. The lowest BCUT2D eigenvalue weighted by atomic mass is 10.4. The van der Waals surface area contributed by atoms with Gasteiger partial charge in [-0.1, -0.05) is 6.92 Å². The monoisotopic (exact) mass is 248 g/mol. The first kappa shape index (κ1) is 12.5. The number of aliphatic carboxylic acids is 1. The fourth-order valence-corrected chi connectivity index (χ4v) is 2.12. The van der Waals surface area contributed by atoms with Crippen molar-refractivity contribution in [1.29, 1.82) is 0 Å². The maximum Gasteiger partial charge on any atom is 0.322 e. The van der Waals surface area contributed by atoms with Gasteiger partial charge < -0.3 is 9.52 Å². The maximum atomic E-state index is 10.4. The minimum Gasteiger partial charge on any atom is -0.480 e. The Labute approximate surface area is 97.8 Å². The first-order chi connectivity index (χ1) is 7.13. The van der Waals surface area contributed by atoms with Crippen molar-refractivity contribution in [2.45, 2.75) is 24.5 Å². The number of carbonyl (C=O) groups is 1. The molecule has 0 aliphatic heterocycles. The third-order valence-electron chi connectivity index (χ3n) is 1.84. The summed E-state index contributed by atoms with van der Waals surface area (Å²) in [6, 6.07) is 3.85. The van der Waals surface area contributed by atoms with Gasteiger partial charge in [-0.2, -0.15) is 11.8 Å². The summed E-state index contributed by atoms with van der Waals surface area (Å²) in [6.45, 7) is 2.02. The molecule has 1 heterocycles. The summed E-state index contributed by atoms with van der Waals surface area (Å²) >= 11 is 7.02. The van der Waals surface area contributed by atoms with Crippen molar-refractivity contribution in [3.63, 3.8) is 0 Å². The van der Waals surface area contributed by atoms with E-state index in [4.69, 9.17) is 21.1 Å². The quantitative estimate of drug-likeness (QED) is 0.787. The average molecular weight is 249 g/mol. The molecular formula is C10H13ClO3S. The highest BCUT2D eigenvalue weighted by atomic mass is 35.5. The number of halogens is 1. The van der Waals surface area contributed by atoms with E-state index in [1.54, 1.807) is 0 Å². The summed E-state index contributed by atoms with van der Waals surface area (Å²) in [7, 11) is 0. The Balaban J connectivity index is 2.28. The van der Waals surface area contributed by atoms with Gasteiger partial charge in [0.2, 0.25) is 0 Å². The second kappa shape index (κ2) is 6.08. The zero-order chi connectivity index (χ0) is 11.3. The molecule has 1 rings (SSSR count). The topological polar surface area (TPSA) is 50.4 Å². The van der Waals surface area contributed by atoms with E-state index in [-0.39, 0.29) is 0 Å². The molecule has 0 amide bonds. The Kier molecular flexibility index (Phi) is 5.05. The molecule has 0 saturated carbocycles. The summed E-state index contributed by atoms with van der Waals surface area (Å²) in [5.74, 6) is 1.89. The number of carboxylic acid groups (broad SMARTS) is 1. The van der Waals surface area contributed by atoms with Crippen LogP contribution in [0, 0.1) is 0 Å². The SMILES string of the molecule is CCc1ccc(CSCC(Cl)C(=O)O)o1. The molecule has 0 radical (unpaired) electrons. The van der Waals surface area contributed by atoms with Crippen molar-refractivity contribution in [3.05, 3.63) is 23.7 Å². The van der Waals surface area contributed by atoms with E-state index in [0.717, 1.165) is 17.9 Å². The number of furan rings is 1. The van der Waals surface area contributed by atoms with E-state index in [2.05, 4.69) is 0 Å². The average Bonchev–Trinajstić information content (AvgIpc) is 2.65. The fourth-order valence-electron chi connectivity index (χ4n) is 1.02. The summed E-state index contributed by atoms with van der Waals surface area (Å²) in [5.41, 5.74) is 0. The van der Waals surface area contributed by atoms with Gasteiger partial charge in [0.15, 0.2) is 0 Å². The molecular weight excluding hydrogens is 236 g/mol. The first-order valence-corrected chi connectivity index (χ1v) is 6.24. The molecule has 1 aromatic heterocycles. The van der Waals surface area contributed by atoms with E-state index in [9.17, 15) is 4.79 Å². The number of hydrogen-bond donors (Lipinski definition) is 1. The Morgan fingerprint density at radius 1 is 1.60 bits per heavy atom. The predicted molar refractivity (Wildman–Crippen MR) is 61.5 cm³/mol. The standard InChI is InChI=1S/C10H13ClO3S/c1-2-7-3-4-8(14-7)5-15-6-9(11)10(12)13/h3-4,9H,2,5-6H2,1H3,(H,12,13). The minimum atomic E-state index is -0.974. The molecule has 5 heteroatoms. The number of aryl methyl sites for hydroxylation is 1. The van der Waals surface area contributed by atoms with Crippen molar-refractivity contribution < 1.29 is 14.3 Å². The number of rotatable bonds is 6. The van der Waals surface area contributed by atoms with Crippen LogP contribution in [-0.2, 0) is 17.0 Å². The molecule has 0 fully saturated rings. The van der Waals surface area contributed by atoms with Crippen LogP contribution < -0.4 is 0 Å². The van der Waals surface area contributed by atoms with Gasteiger partial charge in [0.05, 0.1) is 5.75 Å². The lowest BCUT2D eigenvalue weighted by Gasteiger charge is -2.02. The molecule has 0 aliphatic carbocycles. The van der Waals surface area contributed by atoms with E-state index < -0.39 is 11.3 Å².